The summed E-state index contributed by atoms with van der Waals surface area (Å²) < 4.78 is 0. The molecule has 0 aliphatic heterocycles. The Morgan fingerprint density at radius 1 is 1.00 bits per heavy atom. The molecule has 2 aromatic rings. The van der Waals surface area contributed by atoms with Crippen LogP contribution in [0.15, 0.2) is 54.6 Å². The lowest BCUT2D eigenvalue weighted by atomic mass is 10.0. The van der Waals surface area contributed by atoms with Crippen LogP contribution in [0.5, 0.6) is 0 Å². The van der Waals surface area contributed by atoms with E-state index in [-0.39, 0.29) is 5.91 Å². The van der Waals surface area contributed by atoms with Gasteiger partial charge in [-0.25, -0.2) is 0 Å². The fourth-order valence-electron chi connectivity index (χ4n) is 2.09. The molecule has 0 spiro atoms. The molecule has 1 amide bonds. The molecule has 0 unspecified atom stereocenters. The molecule has 0 aliphatic rings. The second-order valence-electron chi connectivity index (χ2n) is 4.95. The van der Waals surface area contributed by atoms with Gasteiger partial charge in [-0.2, -0.15) is 0 Å². The van der Waals surface area contributed by atoms with E-state index >= 15 is 0 Å². The van der Waals surface area contributed by atoms with Gasteiger partial charge in [0.05, 0.1) is 6.42 Å². The Labute approximate surface area is 114 Å². The van der Waals surface area contributed by atoms with Gasteiger partial charge in [0.2, 0.25) is 5.91 Å². The highest BCUT2D eigenvalue weighted by atomic mass is 16.1. The Morgan fingerprint density at radius 2 is 1.63 bits per heavy atom. The van der Waals surface area contributed by atoms with Gasteiger partial charge in [0.15, 0.2) is 0 Å². The van der Waals surface area contributed by atoms with E-state index < -0.39 is 0 Å². The number of amides is 1. The van der Waals surface area contributed by atoms with Crippen LogP contribution in [0.3, 0.4) is 0 Å². The molecule has 0 saturated carbocycles. The number of carbonyl (C=O) groups excluding carboxylic acids is 1. The van der Waals surface area contributed by atoms with Crippen LogP contribution >= 0.6 is 0 Å². The summed E-state index contributed by atoms with van der Waals surface area (Å²) in [5, 5.41) is 3.00. The highest BCUT2D eigenvalue weighted by Crippen LogP contribution is 2.23. The van der Waals surface area contributed by atoms with Crippen LogP contribution in [0.2, 0.25) is 0 Å². The lowest BCUT2D eigenvalue weighted by Gasteiger charge is -2.13. The molecule has 0 aromatic heterocycles. The van der Waals surface area contributed by atoms with Crippen LogP contribution in [-0.2, 0) is 11.2 Å². The predicted molar refractivity (Wildman–Crippen MR) is 79.3 cm³/mol. The quantitative estimate of drug-likeness (QED) is 0.877. The van der Waals surface area contributed by atoms with Crippen molar-refractivity contribution in [2.24, 2.45) is 0 Å². The molecule has 0 bridgehead atoms. The number of anilines is 1. The summed E-state index contributed by atoms with van der Waals surface area (Å²) >= 11 is 0. The fraction of sp³-hybridized carbons (Fsp3) is 0.235. The minimum Gasteiger partial charge on any atom is -0.326 e. The summed E-state index contributed by atoms with van der Waals surface area (Å²) in [4.78, 5) is 12.0. The lowest BCUT2D eigenvalue weighted by molar-refractivity contribution is -0.115. The number of hydrogen-bond acceptors (Lipinski definition) is 1. The maximum atomic E-state index is 12.0. The van der Waals surface area contributed by atoms with E-state index in [4.69, 9.17) is 0 Å². The van der Waals surface area contributed by atoms with Crippen LogP contribution < -0.4 is 5.32 Å². The zero-order valence-electron chi connectivity index (χ0n) is 11.4. The second kappa shape index (κ2) is 6.19. The van der Waals surface area contributed by atoms with Gasteiger partial charge in [-0.1, -0.05) is 62.4 Å². The smallest absolute Gasteiger partial charge is 0.228 e. The number of rotatable bonds is 4. The molecule has 0 aliphatic carbocycles. The third kappa shape index (κ3) is 3.68. The first-order chi connectivity index (χ1) is 9.16. The van der Waals surface area contributed by atoms with Gasteiger partial charge in [0.25, 0.3) is 0 Å². The number of nitrogens with one attached hydrogen (secondary N) is 1. The van der Waals surface area contributed by atoms with Gasteiger partial charge in [0.1, 0.15) is 0 Å². The molecule has 2 nitrogen and oxygen atoms in total. The summed E-state index contributed by atoms with van der Waals surface area (Å²) in [6.07, 6.45) is 0.410. The topological polar surface area (TPSA) is 29.1 Å². The Morgan fingerprint density at radius 3 is 2.32 bits per heavy atom. The van der Waals surface area contributed by atoms with Gasteiger partial charge in [0, 0.05) is 5.69 Å². The Balaban J connectivity index is 2.07. The van der Waals surface area contributed by atoms with Crippen LogP contribution in [0.1, 0.15) is 30.9 Å². The zero-order chi connectivity index (χ0) is 13.7. The van der Waals surface area contributed by atoms with E-state index in [0.29, 0.717) is 12.3 Å². The Bertz CT molecular complexity index is 546. The Kier molecular flexibility index (Phi) is 4.35. The van der Waals surface area contributed by atoms with Crippen molar-refractivity contribution in [3.05, 3.63) is 65.7 Å². The Hall–Kier alpha value is -2.09. The molecule has 0 fully saturated rings. The predicted octanol–water partition coefficient (Wildman–Crippen LogP) is 3.99. The van der Waals surface area contributed by atoms with Crippen molar-refractivity contribution in [3.8, 4) is 0 Å². The average Bonchev–Trinajstić information content (AvgIpc) is 2.40. The van der Waals surface area contributed by atoms with Crippen LogP contribution in [-0.4, -0.2) is 5.91 Å². The molecule has 1 N–H and O–H groups in total. The standard InChI is InChI=1S/C17H19NO/c1-13(2)15-10-6-7-11-16(15)18-17(19)12-14-8-4-3-5-9-14/h3-11,13H,12H2,1-2H3,(H,18,19). The van der Waals surface area contributed by atoms with E-state index in [1.54, 1.807) is 0 Å². The van der Waals surface area contributed by atoms with Crippen molar-refractivity contribution in [1.82, 2.24) is 0 Å². The second-order valence-corrected chi connectivity index (χ2v) is 4.95. The summed E-state index contributed by atoms with van der Waals surface area (Å²) in [5.74, 6) is 0.424. The molecule has 2 heteroatoms. The third-order valence-corrected chi connectivity index (χ3v) is 3.06. The van der Waals surface area contributed by atoms with Crippen LogP contribution in [0.25, 0.3) is 0 Å². The van der Waals surface area contributed by atoms with E-state index in [1.807, 2.05) is 48.5 Å². The summed E-state index contributed by atoms with van der Waals surface area (Å²) in [6.45, 7) is 4.25. The molecule has 0 atom stereocenters. The molecule has 2 aromatic carbocycles. The minimum atomic E-state index is 0.0271. The summed E-state index contributed by atoms with van der Waals surface area (Å²) in [7, 11) is 0. The van der Waals surface area contributed by atoms with Crippen molar-refractivity contribution < 1.29 is 4.79 Å². The lowest BCUT2D eigenvalue weighted by Crippen LogP contribution is -2.15. The molecular weight excluding hydrogens is 234 g/mol. The molecule has 0 radical (unpaired) electrons. The van der Waals surface area contributed by atoms with Crippen molar-refractivity contribution in [2.45, 2.75) is 26.2 Å². The molecular formula is C17H19NO. The first-order valence-corrected chi connectivity index (χ1v) is 6.59. The largest absolute Gasteiger partial charge is 0.326 e. The van der Waals surface area contributed by atoms with Gasteiger partial charge in [-0.3, -0.25) is 4.79 Å². The maximum Gasteiger partial charge on any atom is 0.228 e. The summed E-state index contributed by atoms with van der Waals surface area (Å²) in [6, 6.07) is 17.7. The first kappa shape index (κ1) is 13.3. The molecule has 98 valence electrons. The number of para-hydroxylation sites is 1. The third-order valence-electron chi connectivity index (χ3n) is 3.06. The van der Waals surface area contributed by atoms with Gasteiger partial charge < -0.3 is 5.32 Å². The van der Waals surface area contributed by atoms with E-state index in [0.717, 1.165) is 11.3 Å². The average molecular weight is 253 g/mol. The first-order valence-electron chi connectivity index (χ1n) is 6.59. The SMILES string of the molecule is CC(C)c1ccccc1NC(=O)Cc1ccccc1. The molecule has 0 heterocycles. The molecule has 2 rings (SSSR count). The number of carbonyl (C=O) groups is 1. The van der Waals surface area contributed by atoms with Gasteiger partial charge >= 0.3 is 0 Å². The molecule has 19 heavy (non-hydrogen) atoms. The normalized spacial score (nSPS) is 10.5. The maximum absolute atomic E-state index is 12.0. The van der Waals surface area contributed by atoms with Crippen molar-refractivity contribution in [1.29, 1.82) is 0 Å². The summed E-state index contributed by atoms with van der Waals surface area (Å²) in [5.41, 5.74) is 3.12. The van der Waals surface area contributed by atoms with Gasteiger partial charge in [-0.05, 0) is 23.1 Å². The van der Waals surface area contributed by atoms with Crippen molar-refractivity contribution >= 4 is 11.6 Å². The number of benzene rings is 2. The van der Waals surface area contributed by atoms with Gasteiger partial charge in [-0.15, -0.1) is 0 Å². The van der Waals surface area contributed by atoms with Crippen molar-refractivity contribution in [3.63, 3.8) is 0 Å². The van der Waals surface area contributed by atoms with Crippen molar-refractivity contribution in [2.75, 3.05) is 5.32 Å². The van der Waals surface area contributed by atoms with E-state index in [1.165, 1.54) is 5.56 Å². The van der Waals surface area contributed by atoms with Crippen LogP contribution in [0.4, 0.5) is 5.69 Å². The van der Waals surface area contributed by atoms with E-state index in [2.05, 4.69) is 25.2 Å². The van der Waals surface area contributed by atoms with E-state index in [9.17, 15) is 4.79 Å². The fourth-order valence-corrected chi connectivity index (χ4v) is 2.09. The van der Waals surface area contributed by atoms with Crippen LogP contribution in [0, 0.1) is 0 Å². The zero-order valence-corrected chi connectivity index (χ0v) is 11.4. The highest BCUT2D eigenvalue weighted by molar-refractivity contribution is 5.93. The highest BCUT2D eigenvalue weighted by Gasteiger charge is 2.09. The molecule has 0 saturated heterocycles. The minimum absolute atomic E-state index is 0.0271. The number of hydrogen-bond donors (Lipinski definition) is 1. The monoisotopic (exact) mass is 253 g/mol.